The van der Waals surface area contributed by atoms with Crippen LogP contribution in [0.5, 0.6) is 0 Å². The second-order valence-electron chi connectivity index (χ2n) is 19.2. The first-order valence-electron chi connectivity index (χ1n) is 26.3. The van der Waals surface area contributed by atoms with Crippen LogP contribution in [0, 0.1) is 0 Å². The van der Waals surface area contributed by atoms with Gasteiger partial charge in [0.2, 0.25) is 5.91 Å². The van der Waals surface area contributed by atoms with Gasteiger partial charge < -0.3 is 28.8 Å². The third kappa shape index (κ3) is 46.7. The number of hydrogen-bond donors (Lipinski definition) is 2. The number of phosphoric acid groups is 1. The summed E-state index contributed by atoms with van der Waals surface area (Å²) in [6.07, 6.45) is 56.1. The van der Waals surface area contributed by atoms with Crippen LogP contribution in [0.4, 0.5) is 0 Å². The maximum absolute atomic E-state index is 12.9. The lowest BCUT2D eigenvalue weighted by Gasteiger charge is -2.30. The van der Waals surface area contributed by atoms with Crippen molar-refractivity contribution < 1.29 is 32.9 Å². The Balaban J connectivity index is 3.97. The van der Waals surface area contributed by atoms with Gasteiger partial charge in [-0.15, -0.1) is 0 Å². The first-order valence-corrected chi connectivity index (χ1v) is 27.8. The molecular weight excluding hydrogens is 792 g/mol. The number of nitrogens with one attached hydrogen (secondary N) is 1. The molecule has 366 valence electrons. The molecule has 1 amide bonds. The van der Waals surface area contributed by atoms with Crippen molar-refractivity contribution in [3.8, 4) is 0 Å². The van der Waals surface area contributed by atoms with E-state index in [1.807, 2.05) is 21.1 Å². The summed E-state index contributed by atoms with van der Waals surface area (Å²) in [5.41, 5.74) is 0. The molecule has 3 atom stereocenters. The second-order valence-corrected chi connectivity index (χ2v) is 20.6. The van der Waals surface area contributed by atoms with Crippen LogP contribution in [0.3, 0.4) is 0 Å². The van der Waals surface area contributed by atoms with E-state index >= 15 is 0 Å². The molecule has 0 radical (unpaired) electrons. The Morgan fingerprint density at radius 2 is 0.935 bits per heavy atom. The molecule has 0 rings (SSSR count). The van der Waals surface area contributed by atoms with Crippen molar-refractivity contribution in [1.29, 1.82) is 0 Å². The Bertz CT molecular complexity index is 1110. The zero-order chi connectivity index (χ0) is 45.7. The highest BCUT2D eigenvalue weighted by molar-refractivity contribution is 7.45. The van der Waals surface area contributed by atoms with E-state index in [4.69, 9.17) is 9.05 Å². The summed E-state index contributed by atoms with van der Waals surface area (Å²) in [5, 5.41) is 13.9. The third-order valence-corrected chi connectivity index (χ3v) is 12.8. The maximum Gasteiger partial charge on any atom is 0.268 e. The number of amides is 1. The number of quaternary nitrogens is 1. The Hall–Kier alpha value is -1.28. The van der Waals surface area contributed by atoms with Crippen LogP contribution in [0.2, 0.25) is 0 Å². The molecule has 62 heavy (non-hydrogen) atoms. The molecule has 0 saturated heterocycles. The minimum absolute atomic E-state index is 0.0126. The number of carbonyl (C=O) groups excluding carboxylic acids is 1. The molecular formula is C53H103N2O6P. The maximum atomic E-state index is 12.9. The van der Waals surface area contributed by atoms with E-state index in [-0.39, 0.29) is 19.1 Å². The number of unbranched alkanes of at least 4 members (excludes halogenated alkanes) is 29. The number of allylic oxidation sites excluding steroid dienone is 6. The molecule has 2 N–H and O–H groups in total. The van der Waals surface area contributed by atoms with Gasteiger partial charge in [0.1, 0.15) is 13.2 Å². The minimum Gasteiger partial charge on any atom is -0.756 e. The number of aliphatic hydroxyl groups is 1. The summed E-state index contributed by atoms with van der Waals surface area (Å²) in [4.78, 5) is 25.3. The first-order chi connectivity index (χ1) is 30.0. The van der Waals surface area contributed by atoms with Gasteiger partial charge in [0.15, 0.2) is 0 Å². The van der Waals surface area contributed by atoms with Crippen molar-refractivity contribution in [2.75, 3.05) is 40.9 Å². The fourth-order valence-electron chi connectivity index (χ4n) is 7.69. The highest BCUT2D eigenvalue weighted by Gasteiger charge is 2.24. The zero-order valence-electron chi connectivity index (χ0n) is 41.6. The van der Waals surface area contributed by atoms with E-state index in [0.29, 0.717) is 23.9 Å². The zero-order valence-corrected chi connectivity index (χ0v) is 42.5. The average molecular weight is 895 g/mol. The molecule has 0 heterocycles. The fourth-order valence-corrected chi connectivity index (χ4v) is 8.42. The van der Waals surface area contributed by atoms with Crippen LogP contribution in [0.1, 0.15) is 245 Å². The van der Waals surface area contributed by atoms with Gasteiger partial charge in [-0.3, -0.25) is 9.36 Å². The summed E-state index contributed by atoms with van der Waals surface area (Å²) in [6, 6.07) is -0.797. The van der Waals surface area contributed by atoms with Crippen molar-refractivity contribution >= 4 is 13.7 Å². The lowest BCUT2D eigenvalue weighted by molar-refractivity contribution is -0.870. The molecule has 0 aromatic heterocycles. The lowest BCUT2D eigenvalue weighted by atomic mass is 10.0. The van der Waals surface area contributed by atoms with Gasteiger partial charge in [-0.05, 0) is 51.4 Å². The summed E-state index contributed by atoms with van der Waals surface area (Å²) in [7, 11) is 1.31. The number of aliphatic hydroxyl groups excluding tert-OH is 1. The van der Waals surface area contributed by atoms with Crippen molar-refractivity contribution in [3.05, 3.63) is 36.5 Å². The molecule has 8 nitrogen and oxygen atoms in total. The monoisotopic (exact) mass is 895 g/mol. The van der Waals surface area contributed by atoms with Gasteiger partial charge in [-0.25, -0.2) is 0 Å². The van der Waals surface area contributed by atoms with Gasteiger partial charge in [0.25, 0.3) is 7.82 Å². The number of hydrogen-bond acceptors (Lipinski definition) is 6. The summed E-state index contributed by atoms with van der Waals surface area (Å²) >= 11 is 0. The number of carbonyl (C=O) groups is 1. The topological polar surface area (TPSA) is 108 Å². The van der Waals surface area contributed by atoms with E-state index in [2.05, 4.69) is 55.6 Å². The second kappa shape index (κ2) is 44.9. The molecule has 0 aromatic carbocycles. The molecule has 0 bridgehead atoms. The highest BCUT2D eigenvalue weighted by atomic mass is 31.2. The number of phosphoric ester groups is 1. The highest BCUT2D eigenvalue weighted by Crippen LogP contribution is 2.38. The van der Waals surface area contributed by atoms with Gasteiger partial charge in [-0.2, -0.15) is 0 Å². The largest absolute Gasteiger partial charge is 0.756 e. The molecule has 0 aliphatic rings. The quantitative estimate of drug-likeness (QED) is 0.0273. The van der Waals surface area contributed by atoms with E-state index in [1.165, 1.54) is 167 Å². The molecule has 0 spiro atoms. The summed E-state index contributed by atoms with van der Waals surface area (Å²) in [5.74, 6) is -0.166. The van der Waals surface area contributed by atoms with E-state index in [0.717, 1.165) is 51.4 Å². The first kappa shape index (κ1) is 60.7. The van der Waals surface area contributed by atoms with Crippen LogP contribution < -0.4 is 10.2 Å². The molecule has 9 heteroatoms. The summed E-state index contributed by atoms with van der Waals surface area (Å²) in [6.45, 7) is 4.69. The van der Waals surface area contributed by atoms with Crippen molar-refractivity contribution in [2.24, 2.45) is 0 Å². The number of likely N-dealkylation sites (N-methyl/N-ethyl adjacent to an activating group) is 1. The smallest absolute Gasteiger partial charge is 0.268 e. The van der Waals surface area contributed by atoms with Gasteiger partial charge in [0.05, 0.1) is 39.9 Å². The molecule has 0 aromatic rings. The third-order valence-electron chi connectivity index (χ3n) is 11.9. The summed E-state index contributed by atoms with van der Waals surface area (Å²) < 4.78 is 23.3. The Labute approximate surface area is 385 Å². The van der Waals surface area contributed by atoms with Crippen LogP contribution in [0.25, 0.3) is 0 Å². The number of rotatable bonds is 48. The van der Waals surface area contributed by atoms with Crippen LogP contribution in [0.15, 0.2) is 36.5 Å². The van der Waals surface area contributed by atoms with E-state index < -0.39 is 20.0 Å². The van der Waals surface area contributed by atoms with Crippen molar-refractivity contribution in [3.63, 3.8) is 0 Å². The SMILES string of the molecule is CCCCCCC/C=C\C/C=C\C/C=C\CCCCCCCCCCCCCCCCCCC(=O)NC(COP(=O)([O-])OCC[N+](C)(C)C)C(O)CCCCCCCCCCC. The predicted octanol–water partition coefficient (Wildman–Crippen LogP) is 14.8. The minimum atomic E-state index is -4.56. The molecule has 3 unspecified atom stereocenters. The predicted molar refractivity (Wildman–Crippen MR) is 265 cm³/mol. The lowest BCUT2D eigenvalue weighted by Crippen LogP contribution is -2.46. The molecule has 0 saturated carbocycles. The van der Waals surface area contributed by atoms with Crippen LogP contribution in [-0.2, 0) is 18.4 Å². The Morgan fingerprint density at radius 3 is 1.35 bits per heavy atom. The molecule has 0 aliphatic heterocycles. The number of nitrogens with zero attached hydrogens (tertiary/aromatic N) is 1. The van der Waals surface area contributed by atoms with Crippen molar-refractivity contribution in [1.82, 2.24) is 5.32 Å². The van der Waals surface area contributed by atoms with Gasteiger partial charge >= 0.3 is 0 Å². The van der Waals surface area contributed by atoms with Gasteiger partial charge in [0, 0.05) is 6.42 Å². The molecule has 0 fully saturated rings. The fraction of sp³-hybridized carbons (Fsp3) is 0.868. The van der Waals surface area contributed by atoms with Crippen LogP contribution >= 0.6 is 7.82 Å². The molecule has 0 aliphatic carbocycles. The standard InChI is InChI=1S/C53H103N2O6P/c1-6-8-10-12-14-16-17-18-19-20-21-22-23-24-25-26-27-28-29-30-31-32-33-34-35-36-37-39-41-43-45-47-53(57)54-51(50-61-62(58,59)60-49-48-55(3,4)5)52(56)46-44-42-40-38-15-13-11-9-7-2/h17-18,20-21,23-24,51-52,56H,6-16,19,22,25-50H2,1-5H3,(H-,54,57,58,59)/b18-17-,21-20-,24-23-. The average Bonchev–Trinajstić information content (AvgIpc) is 3.23. The van der Waals surface area contributed by atoms with E-state index in [9.17, 15) is 19.4 Å². The van der Waals surface area contributed by atoms with Crippen LogP contribution in [-0.4, -0.2) is 68.5 Å². The Kier molecular flexibility index (Phi) is 44.0. The van der Waals surface area contributed by atoms with E-state index in [1.54, 1.807) is 0 Å². The van der Waals surface area contributed by atoms with Crippen molar-refractivity contribution in [2.45, 2.75) is 257 Å². The van der Waals surface area contributed by atoms with Gasteiger partial charge in [-0.1, -0.05) is 224 Å². The Morgan fingerprint density at radius 1 is 0.565 bits per heavy atom. The normalized spacial score (nSPS) is 14.4.